The van der Waals surface area contributed by atoms with E-state index in [-0.39, 0.29) is 11.9 Å². The first-order chi connectivity index (χ1) is 8.78. The molecule has 1 atom stereocenters. The van der Waals surface area contributed by atoms with Crippen molar-refractivity contribution < 1.29 is 4.79 Å². The summed E-state index contributed by atoms with van der Waals surface area (Å²) in [5.41, 5.74) is 3.35. The molecule has 0 spiro atoms. The van der Waals surface area contributed by atoms with E-state index >= 15 is 0 Å². The summed E-state index contributed by atoms with van der Waals surface area (Å²) in [7, 11) is 0. The van der Waals surface area contributed by atoms with Crippen molar-refractivity contribution in [3.05, 3.63) is 34.9 Å². The quantitative estimate of drug-likeness (QED) is 0.880. The molecule has 0 bridgehead atoms. The topological polar surface area (TPSA) is 52.9 Å². The predicted molar refractivity (Wildman–Crippen MR) is 68.1 cm³/mol. The fraction of sp³-hybridized carbons (Fsp3) is 0.467. The van der Waals surface area contributed by atoms with E-state index in [0.29, 0.717) is 11.5 Å². The first-order valence-electron chi connectivity index (χ1n) is 6.60. The molecule has 2 aliphatic carbocycles. The van der Waals surface area contributed by atoms with Gasteiger partial charge in [0, 0.05) is 5.56 Å². The third-order valence-electron chi connectivity index (χ3n) is 3.88. The van der Waals surface area contributed by atoms with Gasteiger partial charge in [0.05, 0.1) is 6.07 Å². The average Bonchev–Trinajstić information content (AvgIpc) is 3.12. The Balaban J connectivity index is 1.74. The standard InChI is InChI=1S/C15H16N2O/c16-9-14(11-5-6-11)17-15(18)13-7-4-10-2-1-3-12(10)8-13/h4,7-8,11,14H,1-3,5-6H2,(H,17,18). The number of nitriles is 1. The molecule has 0 heterocycles. The highest BCUT2D eigenvalue weighted by Crippen LogP contribution is 2.32. The Bertz CT molecular complexity index is 526. The second-order valence-corrected chi connectivity index (χ2v) is 5.25. The molecule has 0 saturated heterocycles. The van der Waals surface area contributed by atoms with Gasteiger partial charge in [-0.05, 0) is 61.3 Å². The first-order valence-corrected chi connectivity index (χ1v) is 6.60. The number of hydrogen-bond donors (Lipinski definition) is 1. The number of nitrogens with one attached hydrogen (secondary N) is 1. The monoisotopic (exact) mass is 240 g/mol. The van der Waals surface area contributed by atoms with Crippen LogP contribution in [0, 0.1) is 17.2 Å². The average molecular weight is 240 g/mol. The summed E-state index contributed by atoms with van der Waals surface area (Å²) < 4.78 is 0. The lowest BCUT2D eigenvalue weighted by molar-refractivity contribution is 0.0942. The summed E-state index contributed by atoms with van der Waals surface area (Å²) in [4.78, 5) is 12.1. The normalized spacial score (nSPS) is 18.8. The van der Waals surface area contributed by atoms with Crippen LogP contribution < -0.4 is 5.32 Å². The van der Waals surface area contributed by atoms with Crippen LogP contribution in [0.2, 0.25) is 0 Å². The van der Waals surface area contributed by atoms with Crippen LogP contribution in [0.15, 0.2) is 18.2 Å². The molecule has 0 aromatic heterocycles. The molecule has 3 rings (SSSR count). The van der Waals surface area contributed by atoms with E-state index in [9.17, 15) is 4.79 Å². The van der Waals surface area contributed by atoms with Crippen molar-refractivity contribution in [2.45, 2.75) is 38.1 Å². The molecule has 1 unspecified atom stereocenters. The minimum absolute atomic E-state index is 0.108. The fourth-order valence-electron chi connectivity index (χ4n) is 2.62. The molecule has 3 heteroatoms. The number of benzene rings is 1. The zero-order valence-corrected chi connectivity index (χ0v) is 10.3. The van der Waals surface area contributed by atoms with Crippen molar-refractivity contribution in [2.75, 3.05) is 0 Å². The molecule has 1 aromatic carbocycles. The van der Waals surface area contributed by atoms with Gasteiger partial charge in [0.15, 0.2) is 0 Å². The Hall–Kier alpha value is -1.82. The molecule has 1 saturated carbocycles. The second-order valence-electron chi connectivity index (χ2n) is 5.25. The van der Waals surface area contributed by atoms with E-state index in [1.807, 2.05) is 12.1 Å². The van der Waals surface area contributed by atoms with E-state index in [4.69, 9.17) is 5.26 Å². The Labute approximate surface area is 107 Å². The maximum atomic E-state index is 12.1. The van der Waals surface area contributed by atoms with Crippen molar-refractivity contribution >= 4 is 5.91 Å². The lowest BCUT2D eigenvalue weighted by atomic mass is 10.1. The van der Waals surface area contributed by atoms with Crippen molar-refractivity contribution in [1.82, 2.24) is 5.32 Å². The molecule has 1 N–H and O–H groups in total. The van der Waals surface area contributed by atoms with Gasteiger partial charge in [-0.15, -0.1) is 0 Å². The highest BCUT2D eigenvalue weighted by molar-refractivity contribution is 5.95. The Morgan fingerprint density at radius 3 is 2.83 bits per heavy atom. The zero-order chi connectivity index (χ0) is 12.5. The van der Waals surface area contributed by atoms with Gasteiger partial charge in [0.25, 0.3) is 5.91 Å². The van der Waals surface area contributed by atoms with Crippen LogP contribution in [0.5, 0.6) is 0 Å². The highest BCUT2D eigenvalue weighted by atomic mass is 16.1. The number of rotatable bonds is 3. The van der Waals surface area contributed by atoms with Gasteiger partial charge in [-0.2, -0.15) is 5.26 Å². The van der Waals surface area contributed by atoms with Crippen molar-refractivity contribution in [2.24, 2.45) is 5.92 Å². The summed E-state index contributed by atoms with van der Waals surface area (Å²) >= 11 is 0. The van der Waals surface area contributed by atoms with Gasteiger partial charge in [0.2, 0.25) is 0 Å². The Morgan fingerprint density at radius 2 is 2.11 bits per heavy atom. The van der Waals surface area contributed by atoms with Gasteiger partial charge in [-0.1, -0.05) is 6.07 Å². The number of nitrogens with zero attached hydrogens (tertiary/aromatic N) is 1. The molecule has 92 valence electrons. The van der Waals surface area contributed by atoms with Gasteiger partial charge in [-0.3, -0.25) is 4.79 Å². The van der Waals surface area contributed by atoms with Crippen molar-refractivity contribution in [3.8, 4) is 6.07 Å². The number of carbonyl (C=O) groups excluding carboxylic acids is 1. The van der Waals surface area contributed by atoms with Crippen molar-refractivity contribution in [3.63, 3.8) is 0 Å². The van der Waals surface area contributed by atoms with E-state index < -0.39 is 0 Å². The van der Waals surface area contributed by atoms with Crippen LogP contribution in [0.25, 0.3) is 0 Å². The molecule has 0 radical (unpaired) electrons. The minimum atomic E-state index is -0.314. The van der Waals surface area contributed by atoms with Crippen LogP contribution in [0.4, 0.5) is 0 Å². The molecule has 0 aliphatic heterocycles. The van der Waals surface area contributed by atoms with Crippen molar-refractivity contribution in [1.29, 1.82) is 5.26 Å². The first kappa shape index (κ1) is 11.3. The van der Waals surface area contributed by atoms with Crippen LogP contribution in [0.1, 0.15) is 40.7 Å². The van der Waals surface area contributed by atoms with Crippen LogP contribution in [-0.2, 0) is 12.8 Å². The van der Waals surface area contributed by atoms with Crippen LogP contribution in [0.3, 0.4) is 0 Å². The number of aryl methyl sites for hydroxylation is 2. The fourth-order valence-corrected chi connectivity index (χ4v) is 2.62. The third kappa shape index (κ3) is 2.11. The molecule has 1 fully saturated rings. The smallest absolute Gasteiger partial charge is 0.252 e. The molecule has 1 aromatic rings. The molecule has 1 amide bonds. The molecular weight excluding hydrogens is 224 g/mol. The third-order valence-corrected chi connectivity index (χ3v) is 3.88. The number of fused-ring (bicyclic) bond motifs is 1. The largest absolute Gasteiger partial charge is 0.336 e. The molecule has 18 heavy (non-hydrogen) atoms. The summed E-state index contributed by atoms with van der Waals surface area (Å²) in [5.74, 6) is 0.261. The highest BCUT2D eigenvalue weighted by Gasteiger charge is 2.32. The Kier molecular flexibility index (Phi) is 2.79. The zero-order valence-electron chi connectivity index (χ0n) is 10.3. The summed E-state index contributed by atoms with van der Waals surface area (Å²) in [6.45, 7) is 0. The number of amides is 1. The van der Waals surface area contributed by atoms with E-state index in [1.165, 1.54) is 17.5 Å². The molecule has 3 nitrogen and oxygen atoms in total. The van der Waals surface area contributed by atoms with E-state index in [2.05, 4.69) is 17.5 Å². The number of carbonyl (C=O) groups is 1. The SMILES string of the molecule is N#CC(NC(=O)c1ccc2c(c1)CCC2)C1CC1. The lowest BCUT2D eigenvalue weighted by Gasteiger charge is -2.11. The molecule has 2 aliphatic rings. The minimum Gasteiger partial charge on any atom is -0.336 e. The summed E-state index contributed by atoms with van der Waals surface area (Å²) in [6.07, 6.45) is 5.50. The predicted octanol–water partition coefficient (Wildman–Crippen LogP) is 2.21. The maximum absolute atomic E-state index is 12.1. The maximum Gasteiger partial charge on any atom is 0.252 e. The van der Waals surface area contributed by atoms with Gasteiger partial charge < -0.3 is 5.32 Å². The van der Waals surface area contributed by atoms with E-state index in [0.717, 1.165) is 25.7 Å². The lowest BCUT2D eigenvalue weighted by Crippen LogP contribution is -2.35. The second kappa shape index (κ2) is 4.45. The van der Waals surface area contributed by atoms with Gasteiger partial charge >= 0.3 is 0 Å². The molecular formula is C15H16N2O. The van der Waals surface area contributed by atoms with Crippen LogP contribution >= 0.6 is 0 Å². The Morgan fingerprint density at radius 1 is 1.33 bits per heavy atom. The van der Waals surface area contributed by atoms with Crippen LogP contribution in [-0.4, -0.2) is 11.9 Å². The summed E-state index contributed by atoms with van der Waals surface area (Å²) in [5, 5.41) is 11.9. The van der Waals surface area contributed by atoms with E-state index in [1.54, 1.807) is 0 Å². The van der Waals surface area contributed by atoms with Gasteiger partial charge in [0.1, 0.15) is 6.04 Å². The number of hydrogen-bond acceptors (Lipinski definition) is 2. The summed E-state index contributed by atoms with van der Waals surface area (Å²) in [6, 6.07) is 7.78. The van der Waals surface area contributed by atoms with Gasteiger partial charge in [-0.25, -0.2) is 0 Å².